The van der Waals surface area contributed by atoms with Crippen molar-refractivity contribution in [2.45, 2.75) is 0 Å². The number of aromatic nitrogens is 1. The highest BCUT2D eigenvalue weighted by atomic mass is 35.5. The minimum absolute atomic E-state index is 0. The van der Waals surface area contributed by atoms with Gasteiger partial charge < -0.3 is 5.73 Å². The fraction of sp³-hybridized carbons (Fsp3) is 0. The Kier molecular flexibility index (Phi) is 4.27. The highest BCUT2D eigenvalue weighted by molar-refractivity contribution is 7.07. The molecule has 2 N–H and O–H groups in total. The molecule has 2 aromatic rings. The molecule has 0 saturated heterocycles. The van der Waals surface area contributed by atoms with Crippen LogP contribution in [0.4, 0.5) is 5.69 Å². The van der Waals surface area contributed by atoms with Crippen molar-refractivity contribution in [3.63, 3.8) is 0 Å². The Bertz CT molecular complexity index is 425. The van der Waals surface area contributed by atoms with Crippen molar-refractivity contribution in [1.82, 2.24) is 4.98 Å². The highest BCUT2D eigenvalue weighted by Crippen LogP contribution is 2.11. The molecule has 0 bridgehead atoms. The van der Waals surface area contributed by atoms with Crippen molar-refractivity contribution in [2.75, 3.05) is 0 Å². The molecule has 0 fully saturated rings. The standard InChI is InChI=1S/C10H9N3S.ClH/c11-10(9-6-14-7-12-9)13-8-4-2-1-3-5-8;/h1-7H,(H2,11,13);1H. The van der Waals surface area contributed by atoms with Crippen LogP contribution in [0.2, 0.25) is 0 Å². The van der Waals surface area contributed by atoms with Crippen molar-refractivity contribution in [3.05, 3.63) is 46.9 Å². The fourth-order valence-corrected chi connectivity index (χ4v) is 1.58. The van der Waals surface area contributed by atoms with Crippen LogP contribution in [-0.4, -0.2) is 10.8 Å². The number of nitrogens with two attached hydrogens (primary N) is 1. The van der Waals surface area contributed by atoms with Crippen LogP contribution in [0.15, 0.2) is 46.2 Å². The van der Waals surface area contributed by atoms with E-state index >= 15 is 0 Å². The molecule has 0 unspecified atom stereocenters. The van der Waals surface area contributed by atoms with E-state index in [1.54, 1.807) is 5.51 Å². The van der Waals surface area contributed by atoms with Gasteiger partial charge in [-0.3, -0.25) is 0 Å². The Labute approximate surface area is 98.1 Å². The molecule has 1 aromatic heterocycles. The third-order valence-electron chi connectivity index (χ3n) is 1.70. The number of rotatable bonds is 2. The van der Waals surface area contributed by atoms with Crippen LogP contribution >= 0.6 is 23.7 Å². The second kappa shape index (κ2) is 5.48. The molecular weight excluding hydrogens is 230 g/mol. The predicted molar refractivity (Wildman–Crippen MR) is 66.2 cm³/mol. The van der Waals surface area contributed by atoms with Crippen LogP contribution in [-0.2, 0) is 0 Å². The second-order valence-electron chi connectivity index (χ2n) is 2.71. The Morgan fingerprint density at radius 2 is 2.00 bits per heavy atom. The van der Waals surface area contributed by atoms with Crippen LogP contribution in [0.3, 0.4) is 0 Å². The average molecular weight is 240 g/mol. The molecule has 5 heteroatoms. The lowest BCUT2D eigenvalue weighted by Crippen LogP contribution is -2.12. The first-order chi connectivity index (χ1) is 6.86. The molecule has 0 aliphatic rings. The van der Waals surface area contributed by atoms with Crippen molar-refractivity contribution >= 4 is 35.3 Å². The minimum atomic E-state index is 0. The number of benzene rings is 1. The van der Waals surface area contributed by atoms with E-state index in [2.05, 4.69) is 9.98 Å². The van der Waals surface area contributed by atoms with Gasteiger partial charge in [-0.2, -0.15) is 0 Å². The number of hydrogen-bond acceptors (Lipinski definition) is 3. The lowest BCUT2D eigenvalue weighted by molar-refractivity contribution is 1.34. The molecule has 0 spiro atoms. The summed E-state index contributed by atoms with van der Waals surface area (Å²) in [6.07, 6.45) is 0. The maximum Gasteiger partial charge on any atom is 0.150 e. The van der Waals surface area contributed by atoms with Crippen molar-refractivity contribution < 1.29 is 0 Å². The van der Waals surface area contributed by atoms with Crippen LogP contribution in [0.1, 0.15) is 5.69 Å². The molecule has 1 heterocycles. The number of halogens is 1. The normalized spacial score (nSPS) is 10.8. The zero-order valence-corrected chi connectivity index (χ0v) is 9.46. The molecule has 0 atom stereocenters. The number of aliphatic imine (C=N–C) groups is 1. The van der Waals surface area contributed by atoms with Gasteiger partial charge in [-0.05, 0) is 12.1 Å². The summed E-state index contributed by atoms with van der Waals surface area (Å²) < 4.78 is 0. The Hall–Kier alpha value is -1.39. The lowest BCUT2D eigenvalue weighted by Gasteiger charge is -1.95. The summed E-state index contributed by atoms with van der Waals surface area (Å²) in [5.41, 5.74) is 9.08. The molecule has 0 saturated carbocycles. The van der Waals surface area contributed by atoms with Crippen LogP contribution in [0.25, 0.3) is 0 Å². The Morgan fingerprint density at radius 1 is 1.27 bits per heavy atom. The summed E-state index contributed by atoms with van der Waals surface area (Å²) in [5.74, 6) is 0.456. The molecule has 1 aromatic carbocycles. The van der Waals surface area contributed by atoms with E-state index in [0.717, 1.165) is 11.4 Å². The summed E-state index contributed by atoms with van der Waals surface area (Å²) in [6.45, 7) is 0. The molecule has 3 nitrogen and oxygen atoms in total. The molecule has 15 heavy (non-hydrogen) atoms. The van der Waals surface area contributed by atoms with E-state index in [1.165, 1.54) is 11.3 Å². The van der Waals surface area contributed by atoms with Gasteiger partial charge in [0, 0.05) is 5.38 Å². The number of nitrogens with zero attached hydrogens (tertiary/aromatic N) is 2. The molecule has 0 amide bonds. The van der Waals surface area contributed by atoms with Gasteiger partial charge >= 0.3 is 0 Å². The van der Waals surface area contributed by atoms with Gasteiger partial charge in [0.25, 0.3) is 0 Å². The third-order valence-corrected chi connectivity index (χ3v) is 2.29. The van der Waals surface area contributed by atoms with E-state index in [-0.39, 0.29) is 12.4 Å². The maximum atomic E-state index is 5.77. The Morgan fingerprint density at radius 3 is 2.60 bits per heavy atom. The van der Waals surface area contributed by atoms with E-state index in [1.807, 2.05) is 35.7 Å². The Balaban J connectivity index is 0.00000112. The van der Waals surface area contributed by atoms with Gasteiger partial charge in [0.1, 0.15) is 5.69 Å². The zero-order chi connectivity index (χ0) is 9.80. The first-order valence-corrected chi connectivity index (χ1v) is 5.08. The first-order valence-electron chi connectivity index (χ1n) is 4.14. The van der Waals surface area contributed by atoms with E-state index < -0.39 is 0 Å². The average Bonchev–Trinajstić information content (AvgIpc) is 2.72. The van der Waals surface area contributed by atoms with Gasteiger partial charge in [0.15, 0.2) is 5.84 Å². The second-order valence-corrected chi connectivity index (χ2v) is 3.42. The SMILES string of the molecule is Cl.NC(=Nc1ccccc1)c1cscn1. The number of thiazole rings is 1. The van der Waals surface area contributed by atoms with Gasteiger partial charge in [0.2, 0.25) is 0 Å². The predicted octanol–water partition coefficient (Wildman–Crippen LogP) is 2.60. The molecular formula is C10H10ClN3S. The highest BCUT2D eigenvalue weighted by Gasteiger charge is 1.99. The summed E-state index contributed by atoms with van der Waals surface area (Å²) >= 11 is 1.51. The van der Waals surface area contributed by atoms with Crippen LogP contribution < -0.4 is 5.73 Å². The molecule has 2 rings (SSSR count). The minimum Gasteiger partial charge on any atom is -0.382 e. The van der Waals surface area contributed by atoms with Crippen molar-refractivity contribution in [2.24, 2.45) is 10.7 Å². The molecule has 78 valence electrons. The van der Waals surface area contributed by atoms with Gasteiger partial charge in [-0.15, -0.1) is 23.7 Å². The fourth-order valence-electron chi connectivity index (χ4n) is 1.04. The quantitative estimate of drug-likeness (QED) is 0.647. The summed E-state index contributed by atoms with van der Waals surface area (Å²) in [5, 5.41) is 1.88. The summed E-state index contributed by atoms with van der Waals surface area (Å²) in [4.78, 5) is 8.32. The summed E-state index contributed by atoms with van der Waals surface area (Å²) in [7, 11) is 0. The summed E-state index contributed by atoms with van der Waals surface area (Å²) in [6, 6.07) is 9.59. The maximum absolute atomic E-state index is 5.77. The van der Waals surface area contributed by atoms with Crippen molar-refractivity contribution in [3.8, 4) is 0 Å². The number of hydrogen-bond donors (Lipinski definition) is 1. The number of para-hydroxylation sites is 1. The smallest absolute Gasteiger partial charge is 0.150 e. The van der Waals surface area contributed by atoms with Gasteiger partial charge in [-0.25, -0.2) is 9.98 Å². The van der Waals surface area contributed by atoms with Crippen LogP contribution in [0.5, 0.6) is 0 Å². The van der Waals surface area contributed by atoms with E-state index in [4.69, 9.17) is 5.73 Å². The molecule has 0 aliphatic carbocycles. The van der Waals surface area contributed by atoms with Crippen LogP contribution in [0, 0.1) is 0 Å². The first kappa shape index (κ1) is 11.7. The topological polar surface area (TPSA) is 51.3 Å². The monoisotopic (exact) mass is 239 g/mol. The van der Waals surface area contributed by atoms with Crippen molar-refractivity contribution in [1.29, 1.82) is 0 Å². The van der Waals surface area contributed by atoms with Gasteiger partial charge in [-0.1, -0.05) is 18.2 Å². The lowest BCUT2D eigenvalue weighted by atomic mass is 10.3. The molecule has 0 aliphatic heterocycles. The van der Waals surface area contributed by atoms with Gasteiger partial charge in [0.05, 0.1) is 11.2 Å². The number of amidine groups is 1. The third kappa shape index (κ3) is 3.04. The van der Waals surface area contributed by atoms with E-state index in [9.17, 15) is 0 Å². The zero-order valence-electron chi connectivity index (χ0n) is 7.83. The molecule has 0 radical (unpaired) electrons. The largest absolute Gasteiger partial charge is 0.382 e. The van der Waals surface area contributed by atoms with E-state index in [0.29, 0.717) is 5.84 Å².